The molecule has 1 aliphatic rings. The highest BCUT2D eigenvalue weighted by Gasteiger charge is 2.32. The van der Waals surface area contributed by atoms with Gasteiger partial charge in [0.05, 0.1) is 10.5 Å². The summed E-state index contributed by atoms with van der Waals surface area (Å²) >= 11 is 12.6. The van der Waals surface area contributed by atoms with E-state index in [2.05, 4.69) is 34.3 Å². The van der Waals surface area contributed by atoms with Crippen molar-refractivity contribution in [3.63, 3.8) is 0 Å². The minimum absolute atomic E-state index is 0.0132. The molecule has 8 heteroatoms. The maximum atomic E-state index is 13.1. The molecule has 6 nitrogen and oxygen atoms in total. The average molecular weight is 435 g/mol. The van der Waals surface area contributed by atoms with Gasteiger partial charge in [0, 0.05) is 22.0 Å². The maximum Gasteiger partial charge on any atom is 0.249 e. The third kappa shape index (κ3) is 3.88. The first-order chi connectivity index (χ1) is 13.9. The standard InChI is InChI=1S/C21H24Cl2N4O2/c1-4-10(2)18(21-24-11(3)27-29-21)26-20(28)12-5-6-17-14(7-12)15-8-13(22)9-16(23)19(15)25-17/h8-10,12,18,25H,4-7H2,1-3H3,(H,26,28)/t10?,12?,18-/m0/s1. The quantitative estimate of drug-likeness (QED) is 0.579. The van der Waals surface area contributed by atoms with Gasteiger partial charge < -0.3 is 14.8 Å². The Hall–Kier alpha value is -2.05. The lowest BCUT2D eigenvalue weighted by Gasteiger charge is -2.26. The minimum atomic E-state index is -0.290. The van der Waals surface area contributed by atoms with Crippen LogP contribution in [0.1, 0.15) is 55.7 Å². The highest BCUT2D eigenvalue weighted by atomic mass is 35.5. The van der Waals surface area contributed by atoms with Crippen molar-refractivity contribution in [3.05, 3.63) is 45.2 Å². The number of halogens is 2. The van der Waals surface area contributed by atoms with Crippen LogP contribution in [0.4, 0.5) is 0 Å². The van der Waals surface area contributed by atoms with Gasteiger partial charge in [-0.2, -0.15) is 4.98 Å². The van der Waals surface area contributed by atoms with Crippen molar-refractivity contribution in [2.45, 2.75) is 52.5 Å². The number of hydrogen-bond acceptors (Lipinski definition) is 4. The van der Waals surface area contributed by atoms with Gasteiger partial charge in [0.15, 0.2) is 5.82 Å². The molecule has 0 aliphatic heterocycles. The first kappa shape index (κ1) is 20.2. The third-order valence-electron chi connectivity index (χ3n) is 5.90. The number of aryl methyl sites for hydroxylation is 2. The Morgan fingerprint density at radius 1 is 1.41 bits per heavy atom. The van der Waals surface area contributed by atoms with Crippen molar-refractivity contribution in [1.82, 2.24) is 20.4 Å². The van der Waals surface area contributed by atoms with E-state index in [9.17, 15) is 4.79 Å². The van der Waals surface area contributed by atoms with Crippen molar-refractivity contribution < 1.29 is 9.32 Å². The largest absolute Gasteiger partial charge is 0.357 e. The smallest absolute Gasteiger partial charge is 0.249 e. The van der Waals surface area contributed by atoms with Gasteiger partial charge in [-0.05, 0) is 49.8 Å². The Balaban J connectivity index is 1.57. The van der Waals surface area contributed by atoms with Crippen LogP contribution in [0.3, 0.4) is 0 Å². The summed E-state index contributed by atoms with van der Waals surface area (Å²) in [5, 5.41) is 9.25. The SMILES string of the molecule is CCC(C)[C@H](NC(=O)C1CCc2[nH]c3c(Cl)cc(Cl)cc3c2C1)c1nc(C)no1. The topological polar surface area (TPSA) is 83.8 Å². The molecule has 0 fully saturated rings. The van der Waals surface area contributed by atoms with E-state index in [-0.39, 0.29) is 23.8 Å². The molecule has 0 bridgehead atoms. The van der Waals surface area contributed by atoms with Crippen LogP contribution in [0.15, 0.2) is 16.7 Å². The fourth-order valence-corrected chi connectivity index (χ4v) is 4.60. The molecule has 3 atom stereocenters. The molecule has 1 aliphatic carbocycles. The van der Waals surface area contributed by atoms with Crippen LogP contribution in [0, 0.1) is 18.8 Å². The van der Waals surface area contributed by atoms with Gasteiger partial charge in [-0.15, -0.1) is 0 Å². The van der Waals surface area contributed by atoms with Gasteiger partial charge in [0.1, 0.15) is 6.04 Å². The number of fused-ring (bicyclic) bond motifs is 3. The lowest BCUT2D eigenvalue weighted by atomic mass is 9.85. The fourth-order valence-electron chi connectivity index (χ4n) is 4.06. The highest BCUT2D eigenvalue weighted by molar-refractivity contribution is 6.38. The molecule has 2 N–H and O–H groups in total. The molecule has 4 rings (SSSR count). The Morgan fingerprint density at radius 2 is 2.21 bits per heavy atom. The molecule has 2 heterocycles. The predicted molar refractivity (Wildman–Crippen MR) is 113 cm³/mol. The number of nitrogens with one attached hydrogen (secondary N) is 2. The number of amides is 1. The zero-order valence-electron chi connectivity index (χ0n) is 16.7. The summed E-state index contributed by atoms with van der Waals surface area (Å²) in [6, 6.07) is 3.37. The summed E-state index contributed by atoms with van der Waals surface area (Å²) in [6.45, 7) is 5.94. The summed E-state index contributed by atoms with van der Waals surface area (Å²) in [6.07, 6.45) is 3.10. The molecule has 29 heavy (non-hydrogen) atoms. The second-order valence-electron chi connectivity index (χ2n) is 7.88. The van der Waals surface area contributed by atoms with Crippen LogP contribution in [-0.4, -0.2) is 21.0 Å². The molecular formula is C21H24Cl2N4O2. The number of benzene rings is 1. The zero-order chi connectivity index (χ0) is 20.7. The van der Waals surface area contributed by atoms with Crippen LogP contribution in [0.5, 0.6) is 0 Å². The van der Waals surface area contributed by atoms with E-state index in [1.807, 2.05) is 6.07 Å². The number of nitrogens with zero attached hydrogens (tertiary/aromatic N) is 2. The van der Waals surface area contributed by atoms with E-state index in [4.69, 9.17) is 27.7 Å². The summed E-state index contributed by atoms with van der Waals surface area (Å²) in [5.41, 5.74) is 3.16. The molecule has 1 aromatic carbocycles. The van der Waals surface area contributed by atoms with E-state index in [1.165, 1.54) is 0 Å². The molecule has 0 saturated carbocycles. The van der Waals surface area contributed by atoms with E-state index >= 15 is 0 Å². The van der Waals surface area contributed by atoms with E-state index in [0.717, 1.165) is 41.4 Å². The molecule has 2 unspecified atom stereocenters. The zero-order valence-corrected chi connectivity index (χ0v) is 18.2. The first-order valence-electron chi connectivity index (χ1n) is 9.96. The molecule has 154 valence electrons. The Morgan fingerprint density at radius 3 is 2.90 bits per heavy atom. The predicted octanol–water partition coefficient (Wildman–Crippen LogP) is 5.17. The van der Waals surface area contributed by atoms with E-state index in [1.54, 1.807) is 13.0 Å². The van der Waals surface area contributed by atoms with Crippen molar-refractivity contribution in [2.75, 3.05) is 0 Å². The Kier molecular flexibility index (Phi) is 5.58. The number of carbonyl (C=O) groups excluding carboxylic acids is 1. The third-order valence-corrected chi connectivity index (χ3v) is 6.42. The monoisotopic (exact) mass is 434 g/mol. The lowest BCUT2D eigenvalue weighted by Crippen LogP contribution is -2.39. The van der Waals surface area contributed by atoms with Crippen molar-refractivity contribution in [3.8, 4) is 0 Å². The number of aromatic nitrogens is 3. The van der Waals surface area contributed by atoms with Gasteiger partial charge >= 0.3 is 0 Å². The first-order valence-corrected chi connectivity index (χ1v) is 10.7. The van der Waals surface area contributed by atoms with Gasteiger partial charge in [-0.25, -0.2) is 0 Å². The van der Waals surface area contributed by atoms with Crippen molar-refractivity contribution >= 4 is 40.0 Å². The van der Waals surface area contributed by atoms with Crippen LogP contribution >= 0.6 is 23.2 Å². The summed E-state index contributed by atoms with van der Waals surface area (Å²) in [4.78, 5) is 20.9. The maximum absolute atomic E-state index is 13.1. The lowest BCUT2D eigenvalue weighted by molar-refractivity contribution is -0.126. The molecule has 3 aromatic rings. The summed E-state index contributed by atoms with van der Waals surface area (Å²) < 4.78 is 5.36. The van der Waals surface area contributed by atoms with Crippen LogP contribution in [-0.2, 0) is 17.6 Å². The van der Waals surface area contributed by atoms with E-state index < -0.39 is 0 Å². The van der Waals surface area contributed by atoms with Crippen molar-refractivity contribution in [2.24, 2.45) is 11.8 Å². The molecule has 0 radical (unpaired) electrons. The van der Waals surface area contributed by atoms with Crippen LogP contribution in [0.25, 0.3) is 10.9 Å². The van der Waals surface area contributed by atoms with Crippen molar-refractivity contribution in [1.29, 1.82) is 0 Å². The molecule has 0 spiro atoms. The van der Waals surface area contributed by atoms with Crippen LogP contribution < -0.4 is 5.32 Å². The molecule has 2 aromatic heterocycles. The Bertz CT molecular complexity index is 1060. The van der Waals surface area contributed by atoms with Gasteiger partial charge in [-0.1, -0.05) is 48.6 Å². The number of carbonyl (C=O) groups is 1. The molecular weight excluding hydrogens is 411 g/mol. The summed E-state index contributed by atoms with van der Waals surface area (Å²) in [7, 11) is 0. The molecule has 0 saturated heterocycles. The minimum Gasteiger partial charge on any atom is -0.357 e. The molecule has 1 amide bonds. The van der Waals surface area contributed by atoms with Gasteiger partial charge in [-0.3, -0.25) is 4.79 Å². The Labute approximate surface area is 179 Å². The summed E-state index contributed by atoms with van der Waals surface area (Å²) in [5.74, 6) is 1.10. The highest BCUT2D eigenvalue weighted by Crippen LogP contribution is 2.37. The second-order valence-corrected chi connectivity index (χ2v) is 8.73. The normalized spacial score (nSPS) is 18.4. The van der Waals surface area contributed by atoms with Gasteiger partial charge in [0.2, 0.25) is 11.8 Å². The average Bonchev–Trinajstić information content (AvgIpc) is 3.28. The number of rotatable bonds is 5. The van der Waals surface area contributed by atoms with E-state index in [0.29, 0.717) is 28.2 Å². The fraction of sp³-hybridized carbons (Fsp3) is 0.476. The number of aromatic amines is 1. The van der Waals surface area contributed by atoms with Crippen LogP contribution in [0.2, 0.25) is 10.0 Å². The van der Waals surface area contributed by atoms with Gasteiger partial charge in [0.25, 0.3) is 0 Å². The number of hydrogen-bond donors (Lipinski definition) is 2. The second kappa shape index (κ2) is 8.00. The number of H-pyrrole nitrogens is 1.